The third-order valence-corrected chi connectivity index (χ3v) is 5.76. The van der Waals surface area contributed by atoms with E-state index in [1.54, 1.807) is 0 Å². The van der Waals surface area contributed by atoms with Gasteiger partial charge in [0.15, 0.2) is 5.78 Å². The molecule has 3 aliphatic rings. The molecule has 0 aromatic heterocycles. The molecule has 1 heterocycles. The molecule has 7 nitrogen and oxygen atoms in total. The van der Waals surface area contributed by atoms with Crippen LogP contribution in [0.1, 0.15) is 62.6 Å². The minimum atomic E-state index is -0.670. The topological polar surface area (TPSA) is 124 Å². The lowest BCUT2D eigenvalue weighted by Crippen LogP contribution is -2.30. The molecule has 1 fully saturated rings. The molecule has 1 aliphatic heterocycles. The Hall–Kier alpha value is -3.06. The van der Waals surface area contributed by atoms with Gasteiger partial charge in [-0.15, -0.1) is 0 Å². The summed E-state index contributed by atoms with van der Waals surface area (Å²) in [6.45, 7) is 0. The molecule has 0 bridgehead atoms. The molecule has 0 radical (unpaired) electrons. The van der Waals surface area contributed by atoms with Gasteiger partial charge in [-0.1, -0.05) is 0 Å². The Morgan fingerprint density at radius 2 is 1.67 bits per heavy atom. The zero-order valence-corrected chi connectivity index (χ0v) is 14.1. The van der Waals surface area contributed by atoms with Gasteiger partial charge in [0.1, 0.15) is 29.1 Å². The molecule has 2 aromatic rings. The van der Waals surface area contributed by atoms with Gasteiger partial charge in [-0.3, -0.25) is 9.59 Å². The normalized spacial score (nSPS) is 25.3. The molecule has 4 N–H and O–H groups in total. The molecule has 7 heteroatoms. The summed E-state index contributed by atoms with van der Waals surface area (Å²) in [5.74, 6) is -2.22. The molecule has 0 spiro atoms. The Bertz CT molecular complexity index is 1040. The third kappa shape index (κ3) is 2.06. The molecular formula is C20H16O7. The molecule has 0 saturated heterocycles. The molecule has 2 aliphatic carbocycles. The number of phenolic OH excluding ortho intramolecular Hbond substituents is 3. The number of phenols is 3. The van der Waals surface area contributed by atoms with Crippen LogP contribution in [0, 0.1) is 0 Å². The Morgan fingerprint density at radius 3 is 2.44 bits per heavy atom. The van der Waals surface area contributed by atoms with E-state index in [4.69, 9.17) is 4.74 Å². The first kappa shape index (κ1) is 16.1. The van der Waals surface area contributed by atoms with Gasteiger partial charge < -0.3 is 25.2 Å². The zero-order valence-electron chi connectivity index (χ0n) is 14.1. The maximum Gasteiger partial charge on any atom is 0.201 e. The van der Waals surface area contributed by atoms with E-state index in [0.717, 1.165) is 12.1 Å². The number of ether oxygens (including phenoxy) is 1. The fourth-order valence-electron chi connectivity index (χ4n) is 4.56. The van der Waals surface area contributed by atoms with Crippen molar-refractivity contribution in [2.75, 3.05) is 0 Å². The second kappa shape index (κ2) is 5.23. The molecule has 2 aromatic carbocycles. The van der Waals surface area contributed by atoms with Crippen LogP contribution >= 0.6 is 0 Å². The van der Waals surface area contributed by atoms with Crippen molar-refractivity contribution < 1.29 is 34.8 Å². The molecule has 27 heavy (non-hydrogen) atoms. The van der Waals surface area contributed by atoms with Crippen molar-refractivity contribution in [3.63, 3.8) is 0 Å². The highest BCUT2D eigenvalue weighted by atomic mass is 16.5. The Morgan fingerprint density at radius 1 is 0.926 bits per heavy atom. The second-order valence-corrected chi connectivity index (χ2v) is 7.33. The number of benzene rings is 2. The van der Waals surface area contributed by atoms with Crippen molar-refractivity contribution >= 4 is 11.6 Å². The van der Waals surface area contributed by atoms with E-state index in [-0.39, 0.29) is 45.8 Å². The minimum absolute atomic E-state index is 0.0204. The van der Waals surface area contributed by atoms with Crippen molar-refractivity contribution in [3.8, 4) is 23.0 Å². The number of carbonyl (C=O) groups excluding carboxylic acids is 2. The molecule has 138 valence electrons. The van der Waals surface area contributed by atoms with E-state index in [1.165, 1.54) is 6.07 Å². The maximum atomic E-state index is 13.0. The number of fused-ring (bicyclic) bond motifs is 5. The first-order chi connectivity index (χ1) is 12.9. The van der Waals surface area contributed by atoms with Crippen LogP contribution in [0.3, 0.4) is 0 Å². The molecule has 0 unspecified atom stereocenters. The minimum Gasteiger partial charge on any atom is -0.508 e. The Balaban J connectivity index is 1.72. The summed E-state index contributed by atoms with van der Waals surface area (Å²) < 4.78 is 5.86. The summed E-state index contributed by atoms with van der Waals surface area (Å²) in [5.41, 5.74) is -0.0330. The van der Waals surface area contributed by atoms with E-state index in [0.29, 0.717) is 30.6 Å². The summed E-state index contributed by atoms with van der Waals surface area (Å²) in [4.78, 5) is 25.9. The van der Waals surface area contributed by atoms with Crippen LogP contribution in [0.4, 0.5) is 0 Å². The van der Waals surface area contributed by atoms with Gasteiger partial charge in [0.25, 0.3) is 0 Å². The van der Waals surface area contributed by atoms with Gasteiger partial charge in [0.05, 0.1) is 17.2 Å². The largest absolute Gasteiger partial charge is 0.508 e. The van der Waals surface area contributed by atoms with Crippen molar-refractivity contribution in [2.45, 2.75) is 37.4 Å². The van der Waals surface area contributed by atoms with E-state index in [1.807, 2.05) is 0 Å². The van der Waals surface area contributed by atoms with Crippen LogP contribution in [-0.4, -0.2) is 44.2 Å². The predicted octanol–water partition coefficient (Wildman–Crippen LogP) is 1.97. The number of rotatable bonds is 0. The third-order valence-electron chi connectivity index (χ3n) is 5.76. The highest BCUT2D eigenvalue weighted by Gasteiger charge is 2.45. The van der Waals surface area contributed by atoms with Crippen LogP contribution in [0.25, 0.3) is 0 Å². The van der Waals surface area contributed by atoms with Gasteiger partial charge in [-0.25, -0.2) is 0 Å². The number of hydrogen-bond donors (Lipinski definition) is 4. The zero-order chi connectivity index (χ0) is 19.0. The van der Waals surface area contributed by atoms with Crippen LogP contribution in [0.15, 0.2) is 18.2 Å². The number of aromatic hydroxyl groups is 3. The summed E-state index contributed by atoms with van der Waals surface area (Å²) >= 11 is 0. The average molecular weight is 368 g/mol. The van der Waals surface area contributed by atoms with E-state index in [2.05, 4.69) is 0 Å². The second-order valence-electron chi connectivity index (χ2n) is 7.33. The highest BCUT2D eigenvalue weighted by molar-refractivity contribution is 6.30. The fourth-order valence-corrected chi connectivity index (χ4v) is 4.56. The summed E-state index contributed by atoms with van der Waals surface area (Å²) in [6.07, 6.45) is 0.785. The van der Waals surface area contributed by atoms with E-state index >= 15 is 0 Å². The first-order valence-corrected chi connectivity index (χ1v) is 8.76. The quantitative estimate of drug-likeness (QED) is 0.478. The van der Waals surface area contributed by atoms with Crippen molar-refractivity contribution in [1.82, 2.24) is 0 Å². The Kier molecular flexibility index (Phi) is 3.13. The number of hydrogen-bond acceptors (Lipinski definition) is 7. The summed E-state index contributed by atoms with van der Waals surface area (Å²) in [7, 11) is 0. The number of carbonyl (C=O) groups is 2. The highest BCUT2D eigenvalue weighted by Crippen LogP contribution is 2.53. The SMILES string of the molecule is O=C1c2cc(O)cc(O)c2C(=O)c2c1cc1c(c2O)[C@H]2CC[C@H](O)C[C@@H]2O1. The molecule has 1 saturated carbocycles. The van der Waals surface area contributed by atoms with Gasteiger partial charge in [0.2, 0.25) is 5.78 Å². The molecular weight excluding hydrogens is 352 g/mol. The standard InChI is InChI=1S/C20H16O7/c21-7-1-2-9-13(5-7)27-14-6-11-17(20(26)16(9)14)19(25)15-10(18(11)24)3-8(22)4-12(15)23/h3-4,6-7,9,13,21-23,26H,1-2,5H2/t7-,9-,13-/m0/s1. The summed E-state index contributed by atoms with van der Waals surface area (Å²) in [6, 6.07) is 3.56. The monoisotopic (exact) mass is 368 g/mol. The Labute approximate surface area is 153 Å². The van der Waals surface area contributed by atoms with E-state index in [9.17, 15) is 30.0 Å². The lowest BCUT2D eigenvalue weighted by Gasteiger charge is -2.28. The predicted molar refractivity (Wildman–Crippen MR) is 91.8 cm³/mol. The van der Waals surface area contributed by atoms with Crippen molar-refractivity contribution in [1.29, 1.82) is 0 Å². The molecule has 0 amide bonds. The number of aliphatic hydroxyl groups excluding tert-OH is 1. The van der Waals surface area contributed by atoms with Crippen LogP contribution < -0.4 is 4.74 Å². The summed E-state index contributed by atoms with van der Waals surface area (Å²) in [5, 5.41) is 40.5. The smallest absolute Gasteiger partial charge is 0.201 e. The number of ketones is 2. The molecule has 5 rings (SSSR count). The van der Waals surface area contributed by atoms with E-state index < -0.39 is 23.4 Å². The van der Waals surface area contributed by atoms with Crippen LogP contribution in [0.2, 0.25) is 0 Å². The van der Waals surface area contributed by atoms with Crippen molar-refractivity contribution in [3.05, 3.63) is 46.0 Å². The van der Waals surface area contributed by atoms with Crippen molar-refractivity contribution in [2.24, 2.45) is 0 Å². The maximum absolute atomic E-state index is 13.0. The van der Waals surface area contributed by atoms with Gasteiger partial charge in [0, 0.05) is 35.1 Å². The van der Waals surface area contributed by atoms with Gasteiger partial charge in [-0.05, 0) is 25.0 Å². The average Bonchev–Trinajstić information content (AvgIpc) is 2.96. The van der Waals surface area contributed by atoms with Crippen LogP contribution in [-0.2, 0) is 0 Å². The van der Waals surface area contributed by atoms with Gasteiger partial charge >= 0.3 is 0 Å². The van der Waals surface area contributed by atoms with Gasteiger partial charge in [-0.2, -0.15) is 0 Å². The number of aliphatic hydroxyl groups is 1. The molecule has 3 atom stereocenters. The lowest BCUT2D eigenvalue weighted by atomic mass is 9.77. The lowest BCUT2D eigenvalue weighted by molar-refractivity contribution is 0.0548. The van der Waals surface area contributed by atoms with Crippen LogP contribution in [0.5, 0.6) is 23.0 Å². The first-order valence-electron chi connectivity index (χ1n) is 8.76. The fraction of sp³-hybridized carbons (Fsp3) is 0.300.